The Morgan fingerprint density at radius 1 is 1.05 bits per heavy atom. The fourth-order valence-electron chi connectivity index (χ4n) is 1.84. The zero-order valence-corrected chi connectivity index (χ0v) is 11.1. The van der Waals surface area contributed by atoms with Crippen molar-refractivity contribution in [2.45, 2.75) is 0 Å². The Balaban J connectivity index is 1.65. The van der Waals surface area contributed by atoms with Crippen LogP contribution in [0.5, 0.6) is 0 Å². The molecule has 0 spiro atoms. The maximum Gasteiger partial charge on any atom is 0.123 e. The van der Waals surface area contributed by atoms with E-state index in [1.807, 2.05) is 36.5 Å². The van der Waals surface area contributed by atoms with Crippen LogP contribution in [0.1, 0.15) is 5.56 Å². The van der Waals surface area contributed by atoms with Gasteiger partial charge in [-0.3, -0.25) is 5.43 Å². The van der Waals surface area contributed by atoms with Gasteiger partial charge in [0.2, 0.25) is 0 Å². The molecule has 4 nitrogen and oxygen atoms in total. The molecular formula is C16H13FN4. The molecular weight excluding hydrogens is 267 g/mol. The number of anilines is 1. The van der Waals surface area contributed by atoms with Gasteiger partial charge < -0.3 is 0 Å². The zero-order chi connectivity index (χ0) is 14.5. The molecule has 0 amide bonds. The Labute approximate surface area is 121 Å². The first-order valence-corrected chi connectivity index (χ1v) is 6.46. The summed E-state index contributed by atoms with van der Waals surface area (Å²) in [6.45, 7) is 0. The summed E-state index contributed by atoms with van der Waals surface area (Å²) in [5, 5.41) is 8.28. The Hall–Kier alpha value is -2.95. The third-order valence-electron chi connectivity index (χ3n) is 2.91. The SMILES string of the molecule is Fc1ccc(N/N=C/c2ccc(-n3cccn3)cc2)cc1. The highest BCUT2D eigenvalue weighted by Gasteiger charge is 1.95. The second kappa shape index (κ2) is 6.00. The molecule has 3 aromatic rings. The van der Waals surface area contributed by atoms with E-state index in [4.69, 9.17) is 0 Å². The molecule has 0 aliphatic heterocycles. The molecule has 1 heterocycles. The van der Waals surface area contributed by atoms with E-state index in [0.717, 1.165) is 16.9 Å². The number of nitrogens with one attached hydrogen (secondary N) is 1. The minimum Gasteiger partial charge on any atom is -0.279 e. The molecule has 0 atom stereocenters. The van der Waals surface area contributed by atoms with Crippen LogP contribution >= 0.6 is 0 Å². The maximum absolute atomic E-state index is 12.8. The summed E-state index contributed by atoms with van der Waals surface area (Å²) in [7, 11) is 0. The number of aromatic nitrogens is 2. The van der Waals surface area contributed by atoms with E-state index in [0.29, 0.717) is 0 Å². The lowest BCUT2D eigenvalue weighted by Gasteiger charge is -2.02. The summed E-state index contributed by atoms with van der Waals surface area (Å²) < 4.78 is 14.5. The molecule has 0 aliphatic rings. The molecule has 1 N–H and O–H groups in total. The number of rotatable bonds is 4. The molecule has 3 rings (SSSR count). The first-order valence-electron chi connectivity index (χ1n) is 6.46. The molecule has 0 saturated carbocycles. The molecule has 0 fully saturated rings. The van der Waals surface area contributed by atoms with Crippen LogP contribution in [0.2, 0.25) is 0 Å². The number of hydrazone groups is 1. The van der Waals surface area contributed by atoms with Gasteiger partial charge in [0, 0.05) is 12.4 Å². The van der Waals surface area contributed by atoms with Crippen LogP contribution in [0.15, 0.2) is 72.1 Å². The fourth-order valence-corrected chi connectivity index (χ4v) is 1.84. The fraction of sp³-hybridized carbons (Fsp3) is 0. The van der Waals surface area contributed by atoms with Gasteiger partial charge in [0.05, 0.1) is 17.6 Å². The minimum absolute atomic E-state index is 0.265. The van der Waals surface area contributed by atoms with Crippen molar-refractivity contribution in [3.63, 3.8) is 0 Å². The smallest absolute Gasteiger partial charge is 0.123 e. The molecule has 0 unspecified atom stereocenters. The quantitative estimate of drug-likeness (QED) is 0.587. The van der Waals surface area contributed by atoms with Crippen molar-refractivity contribution >= 4 is 11.9 Å². The van der Waals surface area contributed by atoms with Crippen molar-refractivity contribution in [2.75, 3.05) is 5.43 Å². The minimum atomic E-state index is -0.265. The number of hydrogen-bond acceptors (Lipinski definition) is 3. The van der Waals surface area contributed by atoms with Gasteiger partial charge >= 0.3 is 0 Å². The number of nitrogens with zero attached hydrogens (tertiary/aromatic N) is 3. The standard InChI is InChI=1S/C16H13FN4/c17-14-4-6-15(7-5-14)20-18-12-13-2-8-16(9-3-13)21-11-1-10-19-21/h1-12,20H/b18-12+. The average molecular weight is 280 g/mol. The average Bonchev–Trinajstić information content (AvgIpc) is 3.04. The molecule has 0 aliphatic carbocycles. The van der Waals surface area contributed by atoms with Crippen molar-refractivity contribution in [3.05, 3.63) is 78.4 Å². The van der Waals surface area contributed by atoms with Crippen LogP contribution in [0.25, 0.3) is 5.69 Å². The van der Waals surface area contributed by atoms with Gasteiger partial charge in [0.1, 0.15) is 5.82 Å². The van der Waals surface area contributed by atoms with Crippen LogP contribution in [-0.2, 0) is 0 Å². The third kappa shape index (κ3) is 3.33. The molecule has 1 aromatic heterocycles. The van der Waals surface area contributed by atoms with Crippen molar-refractivity contribution in [1.29, 1.82) is 0 Å². The Kier molecular flexibility index (Phi) is 3.73. The van der Waals surface area contributed by atoms with Gasteiger partial charge in [-0.25, -0.2) is 9.07 Å². The monoisotopic (exact) mass is 280 g/mol. The van der Waals surface area contributed by atoms with E-state index in [-0.39, 0.29) is 5.82 Å². The van der Waals surface area contributed by atoms with Gasteiger partial charge in [-0.1, -0.05) is 12.1 Å². The number of benzene rings is 2. The lowest BCUT2D eigenvalue weighted by atomic mass is 10.2. The molecule has 0 bridgehead atoms. The van der Waals surface area contributed by atoms with Crippen LogP contribution in [0.3, 0.4) is 0 Å². The molecule has 2 aromatic carbocycles. The first-order chi connectivity index (χ1) is 10.3. The van der Waals surface area contributed by atoms with Crippen LogP contribution in [-0.4, -0.2) is 16.0 Å². The van der Waals surface area contributed by atoms with Crippen LogP contribution in [0, 0.1) is 5.82 Å². The predicted molar refractivity (Wildman–Crippen MR) is 81.2 cm³/mol. The van der Waals surface area contributed by atoms with Crippen molar-refractivity contribution in [3.8, 4) is 5.69 Å². The molecule has 5 heteroatoms. The summed E-state index contributed by atoms with van der Waals surface area (Å²) in [5.74, 6) is -0.265. The second-order valence-corrected chi connectivity index (χ2v) is 4.42. The topological polar surface area (TPSA) is 42.2 Å². The number of halogens is 1. The van der Waals surface area contributed by atoms with Gasteiger partial charge in [-0.15, -0.1) is 0 Å². The van der Waals surface area contributed by atoms with Gasteiger partial charge in [-0.2, -0.15) is 10.2 Å². The van der Waals surface area contributed by atoms with Crippen molar-refractivity contribution < 1.29 is 4.39 Å². The highest BCUT2D eigenvalue weighted by Crippen LogP contribution is 2.09. The van der Waals surface area contributed by atoms with E-state index in [1.165, 1.54) is 12.1 Å². The first kappa shape index (κ1) is 13.1. The number of hydrogen-bond donors (Lipinski definition) is 1. The van der Waals surface area contributed by atoms with Gasteiger partial charge in [-0.05, 0) is 48.0 Å². The zero-order valence-electron chi connectivity index (χ0n) is 11.1. The van der Waals surface area contributed by atoms with Gasteiger partial charge in [0.15, 0.2) is 0 Å². The Morgan fingerprint density at radius 3 is 2.48 bits per heavy atom. The maximum atomic E-state index is 12.8. The van der Waals surface area contributed by atoms with E-state index >= 15 is 0 Å². The van der Waals surface area contributed by atoms with Gasteiger partial charge in [0.25, 0.3) is 0 Å². The van der Waals surface area contributed by atoms with E-state index in [2.05, 4.69) is 15.6 Å². The van der Waals surface area contributed by atoms with E-state index < -0.39 is 0 Å². The predicted octanol–water partition coefficient (Wildman–Crippen LogP) is 3.46. The highest BCUT2D eigenvalue weighted by atomic mass is 19.1. The van der Waals surface area contributed by atoms with Crippen molar-refractivity contribution in [2.24, 2.45) is 5.10 Å². The van der Waals surface area contributed by atoms with E-state index in [9.17, 15) is 4.39 Å². The lowest BCUT2D eigenvalue weighted by molar-refractivity contribution is 0.628. The summed E-state index contributed by atoms with van der Waals surface area (Å²) >= 11 is 0. The Morgan fingerprint density at radius 2 is 1.81 bits per heavy atom. The summed E-state index contributed by atoms with van der Waals surface area (Å²) in [6, 6.07) is 15.7. The normalized spacial score (nSPS) is 10.9. The van der Waals surface area contributed by atoms with Crippen LogP contribution < -0.4 is 5.43 Å². The Bertz CT molecular complexity index is 716. The largest absolute Gasteiger partial charge is 0.279 e. The molecule has 0 radical (unpaired) electrons. The molecule has 21 heavy (non-hydrogen) atoms. The highest BCUT2D eigenvalue weighted by molar-refractivity contribution is 5.80. The summed E-state index contributed by atoms with van der Waals surface area (Å²) in [6.07, 6.45) is 5.33. The molecule has 104 valence electrons. The second-order valence-electron chi connectivity index (χ2n) is 4.42. The lowest BCUT2D eigenvalue weighted by Crippen LogP contribution is -1.95. The van der Waals surface area contributed by atoms with Crippen LogP contribution in [0.4, 0.5) is 10.1 Å². The van der Waals surface area contributed by atoms with Crippen molar-refractivity contribution in [1.82, 2.24) is 9.78 Å². The summed E-state index contributed by atoms with van der Waals surface area (Å²) in [4.78, 5) is 0. The summed E-state index contributed by atoms with van der Waals surface area (Å²) in [5.41, 5.74) is 5.53. The third-order valence-corrected chi connectivity index (χ3v) is 2.91. The van der Waals surface area contributed by atoms with E-state index in [1.54, 1.807) is 29.2 Å². The molecule has 0 saturated heterocycles.